The van der Waals surface area contributed by atoms with Gasteiger partial charge in [-0.05, 0) is 25.8 Å². The molecule has 1 N–H and O–H groups in total. The van der Waals surface area contributed by atoms with E-state index < -0.39 is 0 Å². The van der Waals surface area contributed by atoms with Crippen LogP contribution in [0.4, 0.5) is 0 Å². The van der Waals surface area contributed by atoms with E-state index in [0.717, 1.165) is 18.5 Å². The average molecular weight is 225 g/mol. The zero-order chi connectivity index (χ0) is 10.8. The summed E-state index contributed by atoms with van der Waals surface area (Å²) in [4.78, 5) is 12.9. The summed E-state index contributed by atoms with van der Waals surface area (Å²) >= 11 is 1.64. The standard InChI is InChI=1S/C11H15NO2S/c1-3-14-11(13)9-6-15-10-5-12-7(2)4-8(9)10/h6-7,12H,3-5H2,1-2H3. The van der Waals surface area contributed by atoms with Crippen molar-refractivity contribution < 1.29 is 9.53 Å². The van der Waals surface area contributed by atoms with Crippen molar-refractivity contribution in [3.05, 3.63) is 21.4 Å². The summed E-state index contributed by atoms with van der Waals surface area (Å²) in [6, 6.07) is 0.445. The first kappa shape index (κ1) is 10.6. The van der Waals surface area contributed by atoms with E-state index in [9.17, 15) is 4.79 Å². The van der Waals surface area contributed by atoms with Crippen LogP contribution >= 0.6 is 11.3 Å². The molecular formula is C11H15NO2S. The minimum absolute atomic E-state index is 0.177. The Morgan fingerprint density at radius 2 is 2.53 bits per heavy atom. The number of fused-ring (bicyclic) bond motifs is 1. The van der Waals surface area contributed by atoms with E-state index in [0.29, 0.717) is 12.6 Å². The molecule has 3 nitrogen and oxygen atoms in total. The highest BCUT2D eigenvalue weighted by atomic mass is 32.1. The number of thiophene rings is 1. The summed E-state index contributed by atoms with van der Waals surface area (Å²) in [6.45, 7) is 5.29. The molecule has 1 aliphatic heterocycles. The number of nitrogens with one attached hydrogen (secondary N) is 1. The Hall–Kier alpha value is -0.870. The van der Waals surface area contributed by atoms with Gasteiger partial charge in [-0.15, -0.1) is 11.3 Å². The highest BCUT2D eigenvalue weighted by molar-refractivity contribution is 7.10. The van der Waals surface area contributed by atoms with Gasteiger partial charge in [0.25, 0.3) is 0 Å². The van der Waals surface area contributed by atoms with Crippen LogP contribution in [0, 0.1) is 0 Å². The molecule has 1 atom stereocenters. The van der Waals surface area contributed by atoms with Crippen LogP contribution in [0.15, 0.2) is 5.38 Å². The predicted octanol–water partition coefficient (Wildman–Crippen LogP) is 1.96. The van der Waals surface area contributed by atoms with Crippen molar-refractivity contribution in [1.82, 2.24) is 5.32 Å². The number of hydrogen-bond acceptors (Lipinski definition) is 4. The molecule has 82 valence electrons. The minimum Gasteiger partial charge on any atom is -0.462 e. The van der Waals surface area contributed by atoms with Crippen LogP contribution in [-0.2, 0) is 17.7 Å². The van der Waals surface area contributed by atoms with Crippen molar-refractivity contribution in [3.8, 4) is 0 Å². The third kappa shape index (κ3) is 2.06. The molecule has 0 bridgehead atoms. The van der Waals surface area contributed by atoms with E-state index in [4.69, 9.17) is 4.74 Å². The SMILES string of the molecule is CCOC(=O)c1csc2c1CC(C)NC2. The Balaban J connectivity index is 2.26. The van der Waals surface area contributed by atoms with Gasteiger partial charge < -0.3 is 10.1 Å². The summed E-state index contributed by atoms with van der Waals surface area (Å²) in [5.41, 5.74) is 1.95. The molecule has 4 heteroatoms. The summed E-state index contributed by atoms with van der Waals surface area (Å²) in [5.74, 6) is -0.177. The molecule has 1 aromatic rings. The monoisotopic (exact) mass is 225 g/mol. The highest BCUT2D eigenvalue weighted by Gasteiger charge is 2.23. The summed E-state index contributed by atoms with van der Waals surface area (Å²) < 4.78 is 5.03. The van der Waals surface area contributed by atoms with Gasteiger partial charge in [-0.2, -0.15) is 0 Å². The lowest BCUT2D eigenvalue weighted by Crippen LogP contribution is -2.32. The lowest BCUT2D eigenvalue weighted by Gasteiger charge is -2.20. The van der Waals surface area contributed by atoms with Crippen molar-refractivity contribution in [2.45, 2.75) is 32.9 Å². The molecule has 0 aliphatic carbocycles. The Bertz CT molecular complexity index is 373. The second-order valence-corrected chi connectivity index (χ2v) is 4.72. The topological polar surface area (TPSA) is 38.3 Å². The zero-order valence-electron chi connectivity index (χ0n) is 9.00. The average Bonchev–Trinajstić information content (AvgIpc) is 2.60. The van der Waals surface area contributed by atoms with Gasteiger partial charge in [0.2, 0.25) is 0 Å². The lowest BCUT2D eigenvalue weighted by atomic mass is 10.00. The molecule has 2 rings (SSSR count). The first-order valence-corrected chi connectivity index (χ1v) is 6.10. The van der Waals surface area contributed by atoms with Gasteiger partial charge in [0, 0.05) is 22.8 Å². The molecule has 0 saturated carbocycles. The normalized spacial score (nSPS) is 19.7. The molecule has 0 radical (unpaired) electrons. The molecule has 2 heterocycles. The molecular weight excluding hydrogens is 210 g/mol. The first-order chi connectivity index (χ1) is 7.22. The molecule has 1 aliphatic rings. The van der Waals surface area contributed by atoms with Crippen LogP contribution in [0.5, 0.6) is 0 Å². The van der Waals surface area contributed by atoms with Crippen molar-refractivity contribution in [1.29, 1.82) is 0 Å². The molecule has 0 fully saturated rings. The number of hydrogen-bond donors (Lipinski definition) is 1. The van der Waals surface area contributed by atoms with Crippen molar-refractivity contribution in [3.63, 3.8) is 0 Å². The summed E-state index contributed by atoms with van der Waals surface area (Å²) in [7, 11) is 0. The van der Waals surface area contributed by atoms with Gasteiger partial charge in [0.05, 0.1) is 12.2 Å². The largest absolute Gasteiger partial charge is 0.462 e. The fourth-order valence-electron chi connectivity index (χ4n) is 1.82. The maximum Gasteiger partial charge on any atom is 0.339 e. The van der Waals surface area contributed by atoms with E-state index in [-0.39, 0.29) is 5.97 Å². The van der Waals surface area contributed by atoms with Crippen LogP contribution in [0.1, 0.15) is 34.6 Å². The van der Waals surface area contributed by atoms with Gasteiger partial charge in [0.15, 0.2) is 0 Å². The third-order valence-corrected chi connectivity index (χ3v) is 3.63. The quantitative estimate of drug-likeness (QED) is 0.782. The van der Waals surface area contributed by atoms with Gasteiger partial charge in [0.1, 0.15) is 0 Å². The van der Waals surface area contributed by atoms with Crippen molar-refractivity contribution in [2.75, 3.05) is 6.61 Å². The number of rotatable bonds is 2. The molecule has 15 heavy (non-hydrogen) atoms. The highest BCUT2D eigenvalue weighted by Crippen LogP contribution is 2.27. The Morgan fingerprint density at radius 3 is 3.27 bits per heavy atom. The van der Waals surface area contributed by atoms with Gasteiger partial charge in [-0.1, -0.05) is 0 Å². The van der Waals surface area contributed by atoms with Crippen LogP contribution in [-0.4, -0.2) is 18.6 Å². The molecule has 1 aromatic heterocycles. The lowest BCUT2D eigenvalue weighted by molar-refractivity contribution is 0.0525. The number of carbonyl (C=O) groups excluding carboxylic acids is 1. The van der Waals surface area contributed by atoms with E-state index in [1.807, 2.05) is 12.3 Å². The maximum atomic E-state index is 11.6. The Labute approximate surface area is 93.4 Å². The Morgan fingerprint density at radius 1 is 1.73 bits per heavy atom. The smallest absolute Gasteiger partial charge is 0.339 e. The van der Waals surface area contributed by atoms with Crippen LogP contribution in [0.25, 0.3) is 0 Å². The number of esters is 1. The molecule has 0 spiro atoms. The van der Waals surface area contributed by atoms with Crippen LogP contribution < -0.4 is 5.32 Å². The minimum atomic E-state index is -0.177. The van der Waals surface area contributed by atoms with E-state index in [2.05, 4.69) is 12.2 Å². The third-order valence-electron chi connectivity index (χ3n) is 2.60. The first-order valence-electron chi connectivity index (χ1n) is 5.22. The zero-order valence-corrected chi connectivity index (χ0v) is 9.82. The van der Waals surface area contributed by atoms with E-state index in [1.165, 1.54) is 10.4 Å². The van der Waals surface area contributed by atoms with Gasteiger partial charge >= 0.3 is 5.97 Å². The van der Waals surface area contributed by atoms with Gasteiger partial charge in [-0.25, -0.2) is 4.79 Å². The van der Waals surface area contributed by atoms with Crippen molar-refractivity contribution >= 4 is 17.3 Å². The van der Waals surface area contributed by atoms with Gasteiger partial charge in [-0.3, -0.25) is 0 Å². The second kappa shape index (κ2) is 4.33. The summed E-state index contributed by atoms with van der Waals surface area (Å²) in [5, 5.41) is 5.30. The van der Waals surface area contributed by atoms with Crippen LogP contribution in [0.3, 0.4) is 0 Å². The summed E-state index contributed by atoms with van der Waals surface area (Å²) in [6.07, 6.45) is 0.924. The van der Waals surface area contributed by atoms with E-state index in [1.54, 1.807) is 11.3 Å². The predicted molar refractivity (Wildman–Crippen MR) is 60.3 cm³/mol. The molecule has 0 aromatic carbocycles. The molecule has 1 unspecified atom stereocenters. The van der Waals surface area contributed by atoms with E-state index >= 15 is 0 Å². The van der Waals surface area contributed by atoms with Crippen molar-refractivity contribution in [2.24, 2.45) is 0 Å². The molecule has 0 saturated heterocycles. The number of carbonyl (C=O) groups is 1. The fourth-order valence-corrected chi connectivity index (χ4v) is 2.82. The van der Waals surface area contributed by atoms with Crippen LogP contribution in [0.2, 0.25) is 0 Å². The maximum absolute atomic E-state index is 11.6. The number of ether oxygens (including phenoxy) is 1. The second-order valence-electron chi connectivity index (χ2n) is 3.76. The molecule has 0 amide bonds. The fraction of sp³-hybridized carbons (Fsp3) is 0.545. The Kier molecular flexibility index (Phi) is 3.07.